The van der Waals surface area contributed by atoms with Crippen molar-refractivity contribution in [3.05, 3.63) is 180 Å². The summed E-state index contributed by atoms with van der Waals surface area (Å²) in [6.07, 6.45) is 0. The van der Waals surface area contributed by atoms with Crippen molar-refractivity contribution >= 4 is 24.1 Å². The van der Waals surface area contributed by atoms with E-state index in [1.165, 1.54) is 24.1 Å². The predicted octanol–water partition coefficient (Wildman–Crippen LogP) is 10.7. The van der Waals surface area contributed by atoms with Gasteiger partial charge in [0.1, 0.15) is 49.4 Å². The molecular weight excluding hydrogens is 625 g/mol. The summed E-state index contributed by atoms with van der Waals surface area (Å²) in [5.74, 6) is 3.22. The van der Waals surface area contributed by atoms with Gasteiger partial charge in [0, 0.05) is 56.1 Å². The van der Waals surface area contributed by atoms with Crippen LogP contribution in [0.1, 0.15) is 22.3 Å². The summed E-state index contributed by atoms with van der Waals surface area (Å²) in [7, 11) is 0. The third-order valence-electron chi connectivity index (χ3n) is 7.14. The Balaban J connectivity index is 1.22. The molecular formula is C40H34O5S2. The molecule has 0 saturated carbocycles. The van der Waals surface area contributed by atoms with E-state index in [0.29, 0.717) is 26.4 Å². The molecule has 0 N–H and O–H groups in total. The second-order valence-electron chi connectivity index (χ2n) is 10.5. The first-order valence-corrected chi connectivity index (χ1v) is 16.7. The number of rotatable bonds is 16. The Morgan fingerprint density at radius 3 is 0.809 bits per heavy atom. The Hall–Kier alpha value is -4.82. The molecule has 0 amide bonds. The maximum atomic E-state index is 6.39. The summed E-state index contributed by atoms with van der Waals surface area (Å²) in [5, 5.41) is 0. The van der Waals surface area contributed by atoms with Crippen LogP contribution < -0.4 is 18.9 Å². The average Bonchev–Trinajstić information content (AvgIpc) is 3.14. The van der Waals surface area contributed by atoms with E-state index in [-0.39, 0.29) is 0 Å². The van der Waals surface area contributed by atoms with Gasteiger partial charge in [-0.05, 0) is 48.5 Å². The number of hydrogen-bond acceptors (Lipinski definition) is 7. The molecule has 236 valence electrons. The first kappa shape index (κ1) is 32.1. The third-order valence-corrected chi connectivity index (χ3v) is 9.07. The van der Waals surface area contributed by atoms with E-state index in [4.69, 9.17) is 22.6 Å². The highest BCUT2D eigenvalue weighted by molar-refractivity contribution is 8.08. The molecule has 0 unspecified atom stereocenters. The second kappa shape index (κ2) is 17.2. The lowest BCUT2D eigenvalue weighted by Gasteiger charge is -2.17. The molecule has 0 aromatic heterocycles. The summed E-state index contributed by atoms with van der Waals surface area (Å²) < 4.78 is 31.0. The normalized spacial score (nSPS) is 10.7. The summed E-state index contributed by atoms with van der Waals surface area (Å²) >= 11 is 2.61. The molecule has 0 aliphatic heterocycles. The molecule has 0 heterocycles. The van der Waals surface area contributed by atoms with Crippen LogP contribution in [0.5, 0.6) is 23.0 Å². The molecule has 0 aliphatic carbocycles. The molecule has 0 radical (unpaired) electrons. The van der Waals surface area contributed by atoms with Gasteiger partial charge < -0.3 is 18.9 Å². The molecule has 7 heteroatoms. The van der Waals surface area contributed by atoms with E-state index in [2.05, 4.69) is 24.3 Å². The van der Waals surface area contributed by atoms with Gasteiger partial charge in [-0.2, -0.15) is 0 Å². The predicted molar refractivity (Wildman–Crippen MR) is 189 cm³/mol. The fourth-order valence-electron chi connectivity index (χ4n) is 4.74. The van der Waals surface area contributed by atoms with Crippen molar-refractivity contribution in [1.82, 2.24) is 0 Å². The zero-order chi connectivity index (χ0) is 31.9. The van der Waals surface area contributed by atoms with Crippen molar-refractivity contribution in [2.75, 3.05) is 0 Å². The van der Waals surface area contributed by atoms with Gasteiger partial charge in [-0.15, -0.1) is 0 Å². The van der Waals surface area contributed by atoms with Crippen LogP contribution in [0.25, 0.3) is 0 Å². The fraction of sp³-hybridized carbons (Fsp3) is 0.100. The lowest BCUT2D eigenvalue weighted by molar-refractivity contribution is 0.293. The van der Waals surface area contributed by atoms with Gasteiger partial charge in [0.25, 0.3) is 0 Å². The zero-order valence-electron chi connectivity index (χ0n) is 25.7. The number of ether oxygens (including phenoxy) is 4. The van der Waals surface area contributed by atoms with Crippen LogP contribution in [0.4, 0.5) is 0 Å². The Labute approximate surface area is 284 Å². The molecule has 47 heavy (non-hydrogen) atoms. The van der Waals surface area contributed by atoms with Crippen LogP contribution in [0.2, 0.25) is 0 Å². The number of para-hydroxylation sites is 4. The van der Waals surface area contributed by atoms with Crippen molar-refractivity contribution in [3.63, 3.8) is 0 Å². The fourth-order valence-corrected chi connectivity index (χ4v) is 6.36. The Bertz CT molecular complexity index is 1550. The minimum Gasteiger partial charge on any atom is -0.489 e. The van der Waals surface area contributed by atoms with E-state index < -0.39 is 0 Å². The van der Waals surface area contributed by atoms with E-state index in [0.717, 1.165) is 55.0 Å². The van der Waals surface area contributed by atoms with E-state index in [1.54, 1.807) is 0 Å². The van der Waals surface area contributed by atoms with Crippen LogP contribution in [-0.2, 0) is 30.1 Å². The Morgan fingerprint density at radius 1 is 0.298 bits per heavy atom. The van der Waals surface area contributed by atoms with Crippen LogP contribution in [0.3, 0.4) is 0 Å². The maximum Gasteiger partial charge on any atom is 0.119 e. The lowest BCUT2D eigenvalue weighted by Crippen LogP contribution is -2.04. The average molecular weight is 659 g/mol. The monoisotopic (exact) mass is 658 g/mol. The highest BCUT2D eigenvalue weighted by atomic mass is 32.2. The zero-order valence-corrected chi connectivity index (χ0v) is 27.3. The highest BCUT2D eigenvalue weighted by Gasteiger charge is 2.16. The molecule has 6 aromatic rings. The van der Waals surface area contributed by atoms with Crippen LogP contribution in [0, 0.1) is 0 Å². The van der Waals surface area contributed by atoms with Gasteiger partial charge in [-0.1, -0.05) is 109 Å². The van der Waals surface area contributed by atoms with E-state index >= 15 is 0 Å². The van der Waals surface area contributed by atoms with Gasteiger partial charge in [0.05, 0.1) is 0 Å². The molecule has 6 aromatic carbocycles. The first-order valence-electron chi connectivity index (χ1n) is 15.3. The molecule has 5 nitrogen and oxygen atoms in total. The maximum absolute atomic E-state index is 6.39. The minimum absolute atomic E-state index is 0.386. The van der Waals surface area contributed by atoms with Crippen molar-refractivity contribution in [2.24, 2.45) is 0 Å². The topological polar surface area (TPSA) is 46.2 Å². The molecule has 0 bridgehead atoms. The number of benzene rings is 6. The summed E-state index contributed by atoms with van der Waals surface area (Å²) in [4.78, 5) is 1.90. The molecule has 0 saturated heterocycles. The molecule has 0 spiro atoms. The molecule has 6 rings (SSSR count). The van der Waals surface area contributed by atoms with Gasteiger partial charge in [-0.25, -0.2) is 3.63 Å². The van der Waals surface area contributed by atoms with Crippen molar-refractivity contribution in [3.8, 4) is 23.0 Å². The smallest absolute Gasteiger partial charge is 0.119 e. The molecule has 0 aliphatic rings. The highest BCUT2D eigenvalue weighted by Crippen LogP contribution is 2.38. The van der Waals surface area contributed by atoms with E-state index in [9.17, 15) is 0 Å². The Kier molecular flexibility index (Phi) is 11.8. The van der Waals surface area contributed by atoms with Crippen molar-refractivity contribution in [2.45, 2.75) is 36.2 Å². The lowest BCUT2D eigenvalue weighted by atomic mass is 10.1. The SMILES string of the molecule is c1ccc(OCc2cccc(COc3ccccc3)c2SOSc2c(COc3ccccc3)cccc2COc2ccccc2)cc1. The van der Waals surface area contributed by atoms with Gasteiger partial charge >= 0.3 is 0 Å². The second-order valence-corrected chi connectivity index (χ2v) is 12.1. The quantitative estimate of drug-likeness (QED) is 0.0959. The van der Waals surface area contributed by atoms with Gasteiger partial charge in [0.2, 0.25) is 0 Å². The van der Waals surface area contributed by atoms with Gasteiger partial charge in [0.15, 0.2) is 0 Å². The van der Waals surface area contributed by atoms with E-state index in [1.807, 2.05) is 133 Å². The van der Waals surface area contributed by atoms with Gasteiger partial charge in [-0.3, -0.25) is 0 Å². The van der Waals surface area contributed by atoms with Crippen molar-refractivity contribution in [1.29, 1.82) is 0 Å². The largest absolute Gasteiger partial charge is 0.489 e. The van der Waals surface area contributed by atoms with Crippen LogP contribution in [-0.4, -0.2) is 0 Å². The van der Waals surface area contributed by atoms with Crippen LogP contribution in [0.15, 0.2) is 168 Å². The standard InChI is InChI=1S/C40H34O5S2/c1-5-19-35(20-6-1)41-27-31-15-13-16-32(28-42-36-21-7-2-8-22-36)39(31)46-45-47-40-33(29-43-37-23-9-3-10-24-37)17-14-18-34(40)30-44-38-25-11-4-12-26-38/h1-26H,27-30H2. The molecule has 0 atom stereocenters. The first-order chi connectivity index (χ1) is 23.3. The van der Waals surface area contributed by atoms with Crippen LogP contribution >= 0.6 is 24.1 Å². The summed E-state index contributed by atoms with van der Waals surface area (Å²) in [6.45, 7) is 1.54. The Morgan fingerprint density at radius 2 is 0.553 bits per heavy atom. The minimum atomic E-state index is 0.386. The summed E-state index contributed by atoms with van der Waals surface area (Å²) in [5.41, 5.74) is 4.01. The summed E-state index contributed by atoms with van der Waals surface area (Å²) in [6, 6.07) is 51.5. The number of hydrogen-bond donors (Lipinski definition) is 0. The molecule has 0 fully saturated rings. The van der Waals surface area contributed by atoms with Crippen molar-refractivity contribution < 1.29 is 22.6 Å². The third kappa shape index (κ3) is 9.59.